The van der Waals surface area contributed by atoms with Gasteiger partial charge in [0.1, 0.15) is 5.82 Å². The van der Waals surface area contributed by atoms with Crippen LogP contribution in [0.15, 0.2) is 48.5 Å². The number of benzene rings is 2. The van der Waals surface area contributed by atoms with Crippen molar-refractivity contribution in [1.82, 2.24) is 14.9 Å². The SMILES string of the molecule is CCCn1c(CNCc2ccccc2COC)nc2ccccc21. The van der Waals surface area contributed by atoms with Crippen molar-refractivity contribution in [2.75, 3.05) is 7.11 Å². The Hall–Kier alpha value is -2.17. The van der Waals surface area contributed by atoms with Gasteiger partial charge >= 0.3 is 0 Å². The molecule has 0 unspecified atom stereocenters. The summed E-state index contributed by atoms with van der Waals surface area (Å²) in [6, 6.07) is 16.7. The van der Waals surface area contributed by atoms with Crippen molar-refractivity contribution >= 4 is 11.0 Å². The summed E-state index contributed by atoms with van der Waals surface area (Å²) < 4.78 is 7.60. The van der Waals surface area contributed by atoms with Crippen molar-refractivity contribution in [3.8, 4) is 0 Å². The van der Waals surface area contributed by atoms with E-state index in [0.29, 0.717) is 6.61 Å². The number of para-hydroxylation sites is 2. The molecule has 0 aliphatic carbocycles. The van der Waals surface area contributed by atoms with Crippen molar-refractivity contribution < 1.29 is 4.74 Å². The highest BCUT2D eigenvalue weighted by molar-refractivity contribution is 5.75. The van der Waals surface area contributed by atoms with Gasteiger partial charge in [0.15, 0.2) is 0 Å². The van der Waals surface area contributed by atoms with E-state index in [9.17, 15) is 0 Å². The van der Waals surface area contributed by atoms with Crippen molar-refractivity contribution in [3.63, 3.8) is 0 Å². The second kappa shape index (κ2) is 8.08. The van der Waals surface area contributed by atoms with Gasteiger partial charge in [0.25, 0.3) is 0 Å². The van der Waals surface area contributed by atoms with Gasteiger partial charge in [0.2, 0.25) is 0 Å². The number of nitrogens with zero attached hydrogens (tertiary/aromatic N) is 2. The number of hydrogen-bond acceptors (Lipinski definition) is 3. The average molecular weight is 323 g/mol. The second-order valence-corrected chi connectivity index (χ2v) is 5.97. The Morgan fingerprint density at radius 3 is 2.54 bits per heavy atom. The lowest BCUT2D eigenvalue weighted by atomic mass is 10.1. The summed E-state index contributed by atoms with van der Waals surface area (Å²) in [7, 11) is 1.73. The molecule has 126 valence electrons. The molecule has 0 radical (unpaired) electrons. The fraction of sp³-hybridized carbons (Fsp3) is 0.350. The molecule has 0 bridgehead atoms. The van der Waals surface area contributed by atoms with Crippen molar-refractivity contribution in [2.45, 2.75) is 39.6 Å². The molecular formula is C20H25N3O. The van der Waals surface area contributed by atoms with Gasteiger partial charge in [0.05, 0.1) is 24.2 Å². The van der Waals surface area contributed by atoms with Gasteiger partial charge in [0, 0.05) is 20.2 Å². The maximum atomic E-state index is 5.28. The molecule has 0 amide bonds. The van der Waals surface area contributed by atoms with Gasteiger partial charge in [-0.2, -0.15) is 0 Å². The highest BCUT2D eigenvalue weighted by Gasteiger charge is 2.09. The lowest BCUT2D eigenvalue weighted by Gasteiger charge is -2.11. The standard InChI is InChI=1S/C20H25N3O/c1-3-12-23-19-11-7-6-10-18(19)22-20(23)14-21-13-16-8-4-5-9-17(16)15-24-2/h4-11,21H,3,12-15H2,1-2H3. The fourth-order valence-corrected chi connectivity index (χ4v) is 3.07. The molecule has 4 heteroatoms. The van der Waals surface area contributed by atoms with Crippen molar-refractivity contribution in [2.24, 2.45) is 0 Å². The summed E-state index contributed by atoms with van der Waals surface area (Å²) in [5.41, 5.74) is 4.80. The van der Waals surface area contributed by atoms with Crippen LogP contribution in [0.5, 0.6) is 0 Å². The first kappa shape index (κ1) is 16.7. The highest BCUT2D eigenvalue weighted by Crippen LogP contribution is 2.17. The Labute approximate surface area is 143 Å². The van der Waals surface area contributed by atoms with Gasteiger partial charge < -0.3 is 14.6 Å². The first-order valence-corrected chi connectivity index (χ1v) is 8.54. The molecule has 2 aromatic carbocycles. The van der Waals surface area contributed by atoms with Crippen molar-refractivity contribution in [3.05, 3.63) is 65.5 Å². The van der Waals surface area contributed by atoms with Gasteiger partial charge in [-0.1, -0.05) is 43.3 Å². The van der Waals surface area contributed by atoms with E-state index in [0.717, 1.165) is 37.4 Å². The highest BCUT2D eigenvalue weighted by atomic mass is 16.5. The van der Waals surface area contributed by atoms with Crippen LogP contribution in [0.1, 0.15) is 30.3 Å². The predicted octanol–water partition coefficient (Wildman–Crippen LogP) is 3.88. The van der Waals surface area contributed by atoms with Crippen LogP contribution >= 0.6 is 0 Å². The lowest BCUT2D eigenvalue weighted by molar-refractivity contribution is 0.184. The number of aromatic nitrogens is 2. The summed E-state index contributed by atoms with van der Waals surface area (Å²) >= 11 is 0. The molecule has 24 heavy (non-hydrogen) atoms. The van der Waals surface area contributed by atoms with E-state index < -0.39 is 0 Å². The molecule has 3 aromatic rings. The Kier molecular flexibility index (Phi) is 5.62. The molecule has 0 saturated carbocycles. The molecular weight excluding hydrogens is 298 g/mol. The van der Waals surface area contributed by atoms with Crippen LogP contribution in [0, 0.1) is 0 Å². The molecule has 0 atom stereocenters. The molecule has 4 nitrogen and oxygen atoms in total. The zero-order valence-electron chi connectivity index (χ0n) is 14.5. The maximum absolute atomic E-state index is 5.28. The third-order valence-electron chi connectivity index (χ3n) is 4.20. The summed E-state index contributed by atoms with van der Waals surface area (Å²) in [6.45, 7) is 5.42. The summed E-state index contributed by atoms with van der Waals surface area (Å²) in [5, 5.41) is 3.54. The normalized spacial score (nSPS) is 11.2. The number of nitrogens with one attached hydrogen (secondary N) is 1. The molecule has 0 aliphatic rings. The minimum absolute atomic E-state index is 0.645. The molecule has 0 spiro atoms. The second-order valence-electron chi connectivity index (χ2n) is 5.97. The van der Waals surface area contributed by atoms with Crippen LogP contribution in [0.3, 0.4) is 0 Å². The quantitative estimate of drug-likeness (QED) is 0.684. The van der Waals surface area contributed by atoms with Gasteiger partial charge in [-0.15, -0.1) is 0 Å². The van der Waals surface area contributed by atoms with E-state index >= 15 is 0 Å². The molecule has 0 saturated heterocycles. The minimum atomic E-state index is 0.645. The molecule has 1 heterocycles. The Balaban J connectivity index is 1.73. The lowest BCUT2D eigenvalue weighted by Crippen LogP contribution is -2.17. The summed E-state index contributed by atoms with van der Waals surface area (Å²) in [5.74, 6) is 1.10. The third-order valence-corrected chi connectivity index (χ3v) is 4.20. The number of ether oxygens (including phenoxy) is 1. The van der Waals surface area contributed by atoms with Crippen LogP contribution in [-0.2, 0) is 31.0 Å². The third kappa shape index (κ3) is 3.66. The largest absolute Gasteiger partial charge is 0.380 e. The zero-order chi connectivity index (χ0) is 16.8. The number of rotatable bonds is 8. The van der Waals surface area contributed by atoms with E-state index in [1.165, 1.54) is 16.6 Å². The molecule has 1 aromatic heterocycles. The van der Waals surface area contributed by atoms with Gasteiger partial charge in [-0.25, -0.2) is 4.98 Å². The van der Waals surface area contributed by atoms with E-state index in [-0.39, 0.29) is 0 Å². The van der Waals surface area contributed by atoms with Crippen molar-refractivity contribution in [1.29, 1.82) is 0 Å². The molecule has 0 aliphatic heterocycles. The van der Waals surface area contributed by atoms with E-state index in [4.69, 9.17) is 9.72 Å². The Bertz CT molecular complexity index is 794. The Morgan fingerprint density at radius 2 is 1.75 bits per heavy atom. The zero-order valence-corrected chi connectivity index (χ0v) is 14.5. The van der Waals surface area contributed by atoms with Gasteiger partial charge in [-0.3, -0.25) is 0 Å². The first-order valence-electron chi connectivity index (χ1n) is 8.54. The number of hydrogen-bond donors (Lipinski definition) is 1. The van der Waals surface area contributed by atoms with E-state index in [2.05, 4.69) is 59.3 Å². The van der Waals surface area contributed by atoms with Crippen LogP contribution < -0.4 is 5.32 Å². The van der Waals surface area contributed by atoms with E-state index in [1.54, 1.807) is 7.11 Å². The maximum Gasteiger partial charge on any atom is 0.123 e. The average Bonchev–Trinajstić information content (AvgIpc) is 2.95. The Morgan fingerprint density at radius 1 is 1.00 bits per heavy atom. The molecule has 0 fully saturated rings. The first-order chi connectivity index (χ1) is 11.8. The summed E-state index contributed by atoms with van der Waals surface area (Å²) in [4.78, 5) is 4.80. The van der Waals surface area contributed by atoms with E-state index in [1.807, 2.05) is 6.07 Å². The van der Waals surface area contributed by atoms with Crippen LogP contribution in [-0.4, -0.2) is 16.7 Å². The molecule has 1 N–H and O–H groups in total. The summed E-state index contributed by atoms with van der Waals surface area (Å²) in [6.07, 6.45) is 1.10. The molecule has 3 rings (SSSR count). The predicted molar refractivity (Wildman–Crippen MR) is 97.7 cm³/mol. The number of fused-ring (bicyclic) bond motifs is 1. The van der Waals surface area contributed by atoms with Crippen LogP contribution in [0.4, 0.5) is 0 Å². The van der Waals surface area contributed by atoms with Crippen LogP contribution in [0.2, 0.25) is 0 Å². The monoisotopic (exact) mass is 323 g/mol. The minimum Gasteiger partial charge on any atom is -0.380 e. The number of methoxy groups -OCH3 is 1. The topological polar surface area (TPSA) is 39.1 Å². The van der Waals surface area contributed by atoms with Gasteiger partial charge in [-0.05, 0) is 29.7 Å². The number of imidazole rings is 1. The van der Waals surface area contributed by atoms with Crippen LogP contribution in [0.25, 0.3) is 11.0 Å². The fourth-order valence-electron chi connectivity index (χ4n) is 3.07. The number of aryl methyl sites for hydroxylation is 1. The smallest absolute Gasteiger partial charge is 0.123 e.